The van der Waals surface area contributed by atoms with E-state index in [-0.39, 0.29) is 28.7 Å². The van der Waals surface area contributed by atoms with Gasteiger partial charge in [-0.1, -0.05) is 24.6 Å². The highest BCUT2D eigenvalue weighted by Gasteiger charge is 2.33. The van der Waals surface area contributed by atoms with Gasteiger partial charge in [0, 0.05) is 11.3 Å². The Kier molecular flexibility index (Phi) is 4.17. The Balaban J connectivity index is 2.17. The summed E-state index contributed by atoms with van der Waals surface area (Å²) in [6.45, 7) is 1.91. The molecule has 2 aromatic carbocycles. The van der Waals surface area contributed by atoms with Crippen molar-refractivity contribution >= 4 is 23.2 Å². The molecule has 1 N–H and O–H groups in total. The second kappa shape index (κ2) is 6.02. The van der Waals surface area contributed by atoms with E-state index < -0.39 is 6.36 Å². The number of alkyl halides is 3. The van der Waals surface area contributed by atoms with Crippen molar-refractivity contribution in [3.63, 3.8) is 0 Å². The van der Waals surface area contributed by atoms with Gasteiger partial charge in [0.05, 0.1) is 11.4 Å². The standard InChI is InChI=1S/C17H13ClF3NO2/c1-2-9-6-10(7-11-8-14(23)22-16(9)11)15-12(18)4-3-5-13(15)24-17(19,20)21/h3-7H,2,8H2,1H3,(H,22,23). The highest BCUT2D eigenvalue weighted by Crippen LogP contribution is 2.42. The Labute approximate surface area is 141 Å². The summed E-state index contributed by atoms with van der Waals surface area (Å²) in [6.07, 6.45) is -4.01. The number of carbonyl (C=O) groups is 1. The number of aryl methyl sites for hydroxylation is 1. The number of carbonyl (C=O) groups excluding carboxylic acids is 1. The van der Waals surface area contributed by atoms with Gasteiger partial charge in [-0.25, -0.2) is 0 Å². The van der Waals surface area contributed by atoms with E-state index in [9.17, 15) is 18.0 Å². The number of hydrogen-bond donors (Lipinski definition) is 1. The molecule has 1 aliphatic heterocycles. The Morgan fingerprint density at radius 2 is 2.04 bits per heavy atom. The van der Waals surface area contributed by atoms with E-state index in [0.29, 0.717) is 12.0 Å². The minimum absolute atomic E-state index is 0.136. The predicted octanol–water partition coefficient (Wildman–Crippen LogP) is 4.96. The number of rotatable bonds is 3. The van der Waals surface area contributed by atoms with Crippen LogP contribution in [0.15, 0.2) is 30.3 Å². The van der Waals surface area contributed by atoms with E-state index in [4.69, 9.17) is 11.6 Å². The molecule has 3 rings (SSSR count). The van der Waals surface area contributed by atoms with Crippen LogP contribution in [0.5, 0.6) is 5.75 Å². The molecule has 2 aromatic rings. The van der Waals surface area contributed by atoms with E-state index in [2.05, 4.69) is 10.1 Å². The molecule has 0 bridgehead atoms. The molecule has 3 nitrogen and oxygen atoms in total. The molecule has 126 valence electrons. The smallest absolute Gasteiger partial charge is 0.405 e. The average molecular weight is 356 g/mol. The van der Waals surface area contributed by atoms with Gasteiger partial charge in [-0.05, 0) is 47.4 Å². The second-order valence-corrected chi connectivity index (χ2v) is 5.82. The molecule has 0 aliphatic carbocycles. The highest BCUT2D eigenvalue weighted by atomic mass is 35.5. The van der Waals surface area contributed by atoms with E-state index in [1.807, 2.05) is 6.92 Å². The van der Waals surface area contributed by atoms with Gasteiger partial charge < -0.3 is 10.1 Å². The van der Waals surface area contributed by atoms with Crippen LogP contribution in [0.4, 0.5) is 18.9 Å². The lowest BCUT2D eigenvalue weighted by atomic mass is 9.96. The molecular weight excluding hydrogens is 343 g/mol. The number of fused-ring (bicyclic) bond motifs is 1. The monoisotopic (exact) mass is 355 g/mol. The Morgan fingerprint density at radius 3 is 2.71 bits per heavy atom. The molecule has 0 saturated carbocycles. The normalized spacial score (nSPS) is 13.6. The molecule has 0 unspecified atom stereocenters. The summed E-state index contributed by atoms with van der Waals surface area (Å²) >= 11 is 6.14. The Bertz CT molecular complexity index is 818. The number of benzene rings is 2. The fourth-order valence-electron chi connectivity index (χ4n) is 2.84. The number of hydrogen-bond acceptors (Lipinski definition) is 2. The third-order valence-corrected chi connectivity index (χ3v) is 4.10. The van der Waals surface area contributed by atoms with Crippen molar-refractivity contribution in [3.05, 3.63) is 46.5 Å². The number of amides is 1. The zero-order chi connectivity index (χ0) is 17.5. The van der Waals surface area contributed by atoms with Crippen LogP contribution in [0.25, 0.3) is 11.1 Å². The highest BCUT2D eigenvalue weighted by molar-refractivity contribution is 6.33. The zero-order valence-electron chi connectivity index (χ0n) is 12.6. The Hall–Kier alpha value is -2.21. The van der Waals surface area contributed by atoms with Crippen LogP contribution in [-0.4, -0.2) is 12.3 Å². The maximum atomic E-state index is 12.7. The van der Waals surface area contributed by atoms with Crippen LogP contribution < -0.4 is 10.1 Å². The van der Waals surface area contributed by atoms with Crippen LogP contribution >= 0.6 is 11.6 Å². The van der Waals surface area contributed by atoms with Gasteiger partial charge >= 0.3 is 6.36 Å². The number of anilines is 1. The van der Waals surface area contributed by atoms with E-state index in [1.54, 1.807) is 12.1 Å². The van der Waals surface area contributed by atoms with Crippen LogP contribution in [-0.2, 0) is 17.6 Å². The minimum Gasteiger partial charge on any atom is -0.405 e. The molecule has 1 heterocycles. The largest absolute Gasteiger partial charge is 0.573 e. The van der Waals surface area contributed by atoms with Gasteiger partial charge in [-0.15, -0.1) is 13.2 Å². The number of ether oxygens (including phenoxy) is 1. The fraction of sp³-hybridized carbons (Fsp3) is 0.235. The van der Waals surface area contributed by atoms with Gasteiger partial charge in [-0.2, -0.15) is 0 Å². The maximum Gasteiger partial charge on any atom is 0.573 e. The first kappa shape index (κ1) is 16.6. The van der Waals surface area contributed by atoms with Gasteiger partial charge in [0.2, 0.25) is 5.91 Å². The van der Waals surface area contributed by atoms with Gasteiger partial charge in [0.1, 0.15) is 5.75 Å². The van der Waals surface area contributed by atoms with Crippen LogP contribution in [0.1, 0.15) is 18.1 Å². The summed E-state index contributed by atoms with van der Waals surface area (Å²) in [6, 6.07) is 7.52. The molecule has 1 aliphatic rings. The SMILES string of the molecule is CCc1cc(-c2c(Cl)cccc2OC(F)(F)F)cc2c1NC(=O)C2. The molecule has 1 amide bonds. The molecule has 0 saturated heterocycles. The first-order valence-corrected chi connectivity index (χ1v) is 7.66. The average Bonchev–Trinajstić information content (AvgIpc) is 2.84. The summed E-state index contributed by atoms with van der Waals surface area (Å²) in [4.78, 5) is 11.6. The fourth-order valence-corrected chi connectivity index (χ4v) is 3.12. The summed E-state index contributed by atoms with van der Waals surface area (Å²) in [5.74, 6) is -0.503. The summed E-state index contributed by atoms with van der Waals surface area (Å²) in [5.41, 5.74) is 2.97. The molecule has 7 heteroatoms. The van der Waals surface area contributed by atoms with Crippen molar-refractivity contribution in [2.45, 2.75) is 26.1 Å². The number of halogens is 4. The topological polar surface area (TPSA) is 38.3 Å². The van der Waals surface area contributed by atoms with Crippen molar-refractivity contribution in [2.75, 3.05) is 5.32 Å². The second-order valence-electron chi connectivity index (χ2n) is 5.41. The maximum absolute atomic E-state index is 12.7. The predicted molar refractivity (Wildman–Crippen MR) is 85.3 cm³/mol. The lowest BCUT2D eigenvalue weighted by Crippen LogP contribution is -2.17. The summed E-state index contributed by atoms with van der Waals surface area (Å²) in [5, 5.41) is 2.93. The molecule has 24 heavy (non-hydrogen) atoms. The van der Waals surface area contributed by atoms with Crippen LogP contribution in [0.2, 0.25) is 5.02 Å². The summed E-state index contributed by atoms with van der Waals surface area (Å²) in [7, 11) is 0. The van der Waals surface area contributed by atoms with E-state index in [1.165, 1.54) is 18.2 Å². The van der Waals surface area contributed by atoms with Crippen molar-refractivity contribution < 1.29 is 22.7 Å². The molecule has 0 spiro atoms. The lowest BCUT2D eigenvalue weighted by Gasteiger charge is -2.16. The molecule has 0 aromatic heterocycles. The zero-order valence-corrected chi connectivity index (χ0v) is 13.4. The van der Waals surface area contributed by atoms with Crippen molar-refractivity contribution in [1.29, 1.82) is 0 Å². The first-order valence-electron chi connectivity index (χ1n) is 7.28. The Morgan fingerprint density at radius 1 is 1.29 bits per heavy atom. The quantitative estimate of drug-likeness (QED) is 0.844. The minimum atomic E-state index is -4.82. The van der Waals surface area contributed by atoms with Gasteiger partial charge in [0.25, 0.3) is 0 Å². The van der Waals surface area contributed by atoms with Gasteiger partial charge in [-0.3, -0.25) is 4.79 Å². The van der Waals surface area contributed by atoms with Crippen LogP contribution in [0, 0.1) is 0 Å². The lowest BCUT2D eigenvalue weighted by molar-refractivity contribution is -0.274. The first-order chi connectivity index (χ1) is 11.3. The third kappa shape index (κ3) is 3.19. The van der Waals surface area contributed by atoms with Crippen LogP contribution in [0.3, 0.4) is 0 Å². The molecule has 0 radical (unpaired) electrons. The van der Waals surface area contributed by atoms with Crippen molar-refractivity contribution in [2.24, 2.45) is 0 Å². The van der Waals surface area contributed by atoms with E-state index >= 15 is 0 Å². The van der Waals surface area contributed by atoms with Gasteiger partial charge in [0.15, 0.2) is 0 Å². The molecule has 0 atom stereocenters. The number of nitrogens with one attached hydrogen (secondary N) is 1. The third-order valence-electron chi connectivity index (χ3n) is 3.79. The van der Waals surface area contributed by atoms with Crippen molar-refractivity contribution in [3.8, 4) is 16.9 Å². The molecular formula is C17H13ClF3NO2. The van der Waals surface area contributed by atoms with Crippen molar-refractivity contribution in [1.82, 2.24) is 0 Å². The van der Waals surface area contributed by atoms with E-state index in [0.717, 1.165) is 16.8 Å². The molecule has 0 fully saturated rings. The summed E-state index contributed by atoms with van der Waals surface area (Å²) < 4.78 is 42.1.